The van der Waals surface area contributed by atoms with Crippen LogP contribution in [0.5, 0.6) is 0 Å². The van der Waals surface area contributed by atoms with Crippen molar-refractivity contribution < 1.29 is 19.1 Å². The molecule has 5 heteroatoms. The molecule has 0 unspecified atom stereocenters. The van der Waals surface area contributed by atoms with E-state index in [0.717, 1.165) is 4.90 Å². The van der Waals surface area contributed by atoms with Crippen molar-refractivity contribution >= 4 is 11.8 Å². The van der Waals surface area contributed by atoms with E-state index in [-0.39, 0.29) is 31.4 Å². The third-order valence-corrected chi connectivity index (χ3v) is 3.33. The van der Waals surface area contributed by atoms with Gasteiger partial charge in [0.05, 0.1) is 12.0 Å². The van der Waals surface area contributed by atoms with Gasteiger partial charge >= 0.3 is 0 Å². The standard InChI is InChI=1S/C16H16FNO3/c1-16(2)9-14(20)18(15(16)21)10-12-6-11(4-3-5-19)7-13(17)8-12/h6-8,19H,5,9-10H2,1-2H3. The maximum atomic E-state index is 13.6. The Morgan fingerprint density at radius 2 is 2.05 bits per heavy atom. The molecule has 1 fully saturated rings. The average molecular weight is 289 g/mol. The molecule has 0 atom stereocenters. The summed E-state index contributed by atoms with van der Waals surface area (Å²) in [7, 11) is 0. The molecule has 110 valence electrons. The van der Waals surface area contributed by atoms with Gasteiger partial charge in [0.15, 0.2) is 0 Å². The number of carbonyl (C=O) groups excluding carboxylic acids is 2. The molecule has 0 aromatic heterocycles. The van der Waals surface area contributed by atoms with Crippen molar-refractivity contribution in [2.24, 2.45) is 5.41 Å². The first-order valence-electron chi connectivity index (χ1n) is 6.57. The lowest BCUT2D eigenvalue weighted by molar-refractivity contribution is -0.141. The molecular weight excluding hydrogens is 273 g/mol. The van der Waals surface area contributed by atoms with E-state index in [2.05, 4.69) is 11.8 Å². The van der Waals surface area contributed by atoms with Crippen LogP contribution in [-0.4, -0.2) is 28.4 Å². The summed E-state index contributed by atoms with van der Waals surface area (Å²) in [5, 5.41) is 8.66. The molecular formula is C16H16FNO3. The number of aliphatic hydroxyl groups excluding tert-OH is 1. The van der Waals surface area contributed by atoms with Gasteiger partial charge < -0.3 is 5.11 Å². The molecule has 1 aliphatic heterocycles. The molecule has 0 spiro atoms. The Kier molecular flexibility index (Phi) is 4.10. The highest BCUT2D eigenvalue weighted by Crippen LogP contribution is 2.32. The quantitative estimate of drug-likeness (QED) is 0.662. The van der Waals surface area contributed by atoms with Gasteiger partial charge in [0.2, 0.25) is 11.8 Å². The number of nitrogens with zero attached hydrogens (tertiary/aromatic N) is 1. The van der Waals surface area contributed by atoms with E-state index in [9.17, 15) is 14.0 Å². The fraction of sp³-hybridized carbons (Fsp3) is 0.375. The van der Waals surface area contributed by atoms with Gasteiger partial charge in [-0.1, -0.05) is 25.7 Å². The molecule has 2 amide bonds. The fourth-order valence-electron chi connectivity index (χ4n) is 2.33. The minimum absolute atomic E-state index is 0.0344. The van der Waals surface area contributed by atoms with E-state index in [1.165, 1.54) is 12.1 Å². The number of halogens is 1. The van der Waals surface area contributed by atoms with Crippen LogP contribution in [0.25, 0.3) is 0 Å². The summed E-state index contributed by atoms with van der Waals surface area (Å²) < 4.78 is 13.6. The summed E-state index contributed by atoms with van der Waals surface area (Å²) in [6, 6.07) is 4.12. The monoisotopic (exact) mass is 289 g/mol. The zero-order chi connectivity index (χ0) is 15.6. The number of hydrogen-bond donors (Lipinski definition) is 1. The Balaban J connectivity index is 2.26. The lowest BCUT2D eigenvalue weighted by Gasteiger charge is -2.18. The highest BCUT2D eigenvalue weighted by atomic mass is 19.1. The first kappa shape index (κ1) is 15.2. The number of benzene rings is 1. The summed E-state index contributed by atoms with van der Waals surface area (Å²) in [4.78, 5) is 25.2. The summed E-state index contributed by atoms with van der Waals surface area (Å²) >= 11 is 0. The summed E-state index contributed by atoms with van der Waals surface area (Å²) in [5.41, 5.74) is 0.193. The molecule has 1 aliphatic rings. The van der Waals surface area contributed by atoms with Crippen LogP contribution < -0.4 is 0 Å². The molecule has 1 heterocycles. The molecule has 0 bridgehead atoms. The van der Waals surface area contributed by atoms with E-state index in [1.807, 2.05) is 0 Å². The molecule has 1 aromatic rings. The minimum Gasteiger partial charge on any atom is -0.384 e. The smallest absolute Gasteiger partial charge is 0.235 e. The predicted molar refractivity (Wildman–Crippen MR) is 74.3 cm³/mol. The molecule has 21 heavy (non-hydrogen) atoms. The van der Waals surface area contributed by atoms with E-state index in [0.29, 0.717) is 11.1 Å². The highest BCUT2D eigenvalue weighted by Gasteiger charge is 2.44. The summed E-state index contributed by atoms with van der Waals surface area (Å²) in [6.07, 6.45) is 0.165. The van der Waals surface area contributed by atoms with Crippen LogP contribution in [0.15, 0.2) is 18.2 Å². The van der Waals surface area contributed by atoms with E-state index in [1.54, 1.807) is 19.9 Å². The molecule has 0 aliphatic carbocycles. The molecule has 0 saturated carbocycles. The topological polar surface area (TPSA) is 57.6 Å². The zero-order valence-electron chi connectivity index (χ0n) is 11.9. The number of aliphatic hydroxyl groups is 1. The normalized spacial score (nSPS) is 16.9. The van der Waals surface area contributed by atoms with Crippen molar-refractivity contribution in [3.63, 3.8) is 0 Å². The largest absolute Gasteiger partial charge is 0.384 e. The lowest BCUT2D eigenvalue weighted by atomic mass is 9.92. The van der Waals surface area contributed by atoms with Gasteiger partial charge in [-0.25, -0.2) is 4.39 Å². The zero-order valence-corrected chi connectivity index (χ0v) is 11.9. The van der Waals surface area contributed by atoms with Crippen molar-refractivity contribution in [1.82, 2.24) is 4.90 Å². The molecule has 1 aromatic carbocycles. The lowest BCUT2D eigenvalue weighted by Crippen LogP contribution is -2.32. The molecule has 1 N–H and O–H groups in total. The Hall–Kier alpha value is -2.19. The number of rotatable bonds is 2. The second-order valence-electron chi connectivity index (χ2n) is 5.65. The molecule has 4 nitrogen and oxygen atoms in total. The SMILES string of the molecule is CC1(C)CC(=O)N(Cc2cc(F)cc(C#CCO)c2)C1=O. The van der Waals surface area contributed by atoms with Gasteiger partial charge in [0.25, 0.3) is 0 Å². The Morgan fingerprint density at radius 1 is 1.33 bits per heavy atom. The van der Waals surface area contributed by atoms with Gasteiger partial charge in [-0.2, -0.15) is 0 Å². The Morgan fingerprint density at radius 3 is 2.62 bits per heavy atom. The summed E-state index contributed by atoms with van der Waals surface area (Å²) in [5.74, 6) is 4.05. The van der Waals surface area contributed by atoms with Crippen molar-refractivity contribution in [2.45, 2.75) is 26.8 Å². The van der Waals surface area contributed by atoms with E-state index < -0.39 is 11.2 Å². The van der Waals surface area contributed by atoms with Gasteiger partial charge in [-0.15, -0.1) is 0 Å². The number of carbonyl (C=O) groups is 2. The van der Waals surface area contributed by atoms with Gasteiger partial charge in [0, 0.05) is 12.0 Å². The van der Waals surface area contributed by atoms with Crippen LogP contribution in [0.4, 0.5) is 4.39 Å². The number of imide groups is 1. The van der Waals surface area contributed by atoms with Crippen LogP contribution in [0, 0.1) is 23.1 Å². The second-order valence-corrected chi connectivity index (χ2v) is 5.65. The maximum absolute atomic E-state index is 13.6. The Labute approximate surface area is 122 Å². The van der Waals surface area contributed by atoms with Crippen molar-refractivity contribution in [3.05, 3.63) is 35.1 Å². The van der Waals surface area contributed by atoms with Crippen LogP contribution in [-0.2, 0) is 16.1 Å². The second kappa shape index (κ2) is 5.66. The van der Waals surface area contributed by atoms with E-state index in [4.69, 9.17) is 5.11 Å². The maximum Gasteiger partial charge on any atom is 0.235 e. The fourth-order valence-corrected chi connectivity index (χ4v) is 2.33. The van der Waals surface area contributed by atoms with Gasteiger partial charge in [-0.3, -0.25) is 14.5 Å². The Bertz CT molecular complexity index is 655. The predicted octanol–water partition coefficient (Wildman–Crippen LogP) is 1.45. The summed E-state index contributed by atoms with van der Waals surface area (Å²) in [6.45, 7) is 3.16. The molecule has 0 radical (unpaired) electrons. The first-order valence-corrected chi connectivity index (χ1v) is 6.57. The first-order chi connectivity index (χ1) is 9.83. The van der Waals surface area contributed by atoms with Crippen molar-refractivity contribution in [2.75, 3.05) is 6.61 Å². The number of hydrogen-bond acceptors (Lipinski definition) is 3. The number of likely N-dealkylation sites (tertiary alicyclic amines) is 1. The van der Waals surface area contributed by atoms with Crippen LogP contribution in [0.2, 0.25) is 0 Å². The third kappa shape index (κ3) is 3.29. The van der Waals surface area contributed by atoms with Crippen molar-refractivity contribution in [1.29, 1.82) is 0 Å². The van der Waals surface area contributed by atoms with E-state index >= 15 is 0 Å². The number of amides is 2. The van der Waals surface area contributed by atoms with Crippen LogP contribution >= 0.6 is 0 Å². The molecule has 1 saturated heterocycles. The molecule has 2 rings (SSSR count). The van der Waals surface area contributed by atoms with Crippen molar-refractivity contribution in [3.8, 4) is 11.8 Å². The van der Waals surface area contributed by atoms with Crippen LogP contribution in [0.3, 0.4) is 0 Å². The minimum atomic E-state index is -0.704. The highest BCUT2D eigenvalue weighted by molar-refractivity contribution is 6.05. The average Bonchev–Trinajstić information content (AvgIpc) is 2.58. The van der Waals surface area contributed by atoms with Crippen LogP contribution in [0.1, 0.15) is 31.4 Å². The van der Waals surface area contributed by atoms with Gasteiger partial charge in [0.1, 0.15) is 12.4 Å². The third-order valence-electron chi connectivity index (χ3n) is 3.33. The van der Waals surface area contributed by atoms with Gasteiger partial charge in [-0.05, 0) is 23.8 Å².